The van der Waals surface area contributed by atoms with E-state index in [0.717, 1.165) is 25.7 Å². The average Bonchev–Trinajstić information content (AvgIpc) is 3.13. The first-order valence-corrected chi connectivity index (χ1v) is 9.13. The molecule has 0 radical (unpaired) electrons. The van der Waals surface area contributed by atoms with Gasteiger partial charge < -0.3 is 0 Å². The molecule has 4 aliphatic carbocycles. The standard InChI is InChI=1S/C19H25NO2/c1-3-4-10(2)20-17(21)15-13-9-19(16(15)18(20)22)8-11-5-6-12(13)14(19)7-11/h5,10,12-16H,3-4,6-9H2,1-2H3. The van der Waals surface area contributed by atoms with Gasteiger partial charge in [-0.2, -0.15) is 0 Å². The van der Waals surface area contributed by atoms with E-state index in [1.807, 2.05) is 0 Å². The van der Waals surface area contributed by atoms with E-state index in [2.05, 4.69) is 19.9 Å². The highest BCUT2D eigenvalue weighted by Crippen LogP contribution is 2.76. The number of imide groups is 1. The van der Waals surface area contributed by atoms with Crippen LogP contribution in [0, 0.1) is 35.0 Å². The molecule has 3 heteroatoms. The zero-order valence-electron chi connectivity index (χ0n) is 13.5. The Kier molecular flexibility index (Phi) is 2.45. The van der Waals surface area contributed by atoms with E-state index in [4.69, 9.17) is 0 Å². The molecule has 3 nitrogen and oxygen atoms in total. The SMILES string of the molecule is CCCC(C)N1C(=O)C2C3CC4(CC5=CCC3C4C5)C2C1=O. The Morgan fingerprint density at radius 1 is 1.32 bits per heavy atom. The van der Waals surface area contributed by atoms with Crippen LogP contribution < -0.4 is 0 Å². The van der Waals surface area contributed by atoms with Gasteiger partial charge in [-0.05, 0) is 62.2 Å². The second-order valence-corrected chi connectivity index (χ2v) is 8.54. The van der Waals surface area contributed by atoms with Crippen LogP contribution in [-0.2, 0) is 9.59 Å². The van der Waals surface area contributed by atoms with E-state index >= 15 is 0 Å². The summed E-state index contributed by atoms with van der Waals surface area (Å²) in [4.78, 5) is 27.9. The van der Waals surface area contributed by atoms with Gasteiger partial charge in [-0.3, -0.25) is 14.5 Å². The topological polar surface area (TPSA) is 37.4 Å². The van der Waals surface area contributed by atoms with Gasteiger partial charge in [0.15, 0.2) is 0 Å². The van der Waals surface area contributed by atoms with Gasteiger partial charge in [-0.1, -0.05) is 25.0 Å². The Bertz CT molecular complexity index is 609. The van der Waals surface area contributed by atoms with Crippen LogP contribution in [-0.4, -0.2) is 22.8 Å². The molecule has 1 saturated heterocycles. The molecule has 5 rings (SSSR count). The molecule has 5 aliphatic rings. The van der Waals surface area contributed by atoms with Crippen LogP contribution in [0.2, 0.25) is 0 Å². The van der Waals surface area contributed by atoms with Gasteiger partial charge in [0.2, 0.25) is 11.8 Å². The number of allylic oxidation sites excluding steroid dienone is 2. The zero-order valence-corrected chi connectivity index (χ0v) is 13.5. The molecule has 22 heavy (non-hydrogen) atoms. The Balaban J connectivity index is 1.57. The lowest BCUT2D eigenvalue weighted by atomic mass is 9.62. The molecule has 1 heterocycles. The first-order chi connectivity index (χ1) is 10.6. The van der Waals surface area contributed by atoms with Gasteiger partial charge in [-0.15, -0.1) is 0 Å². The molecule has 0 aromatic rings. The van der Waals surface area contributed by atoms with Crippen LogP contribution in [0.15, 0.2) is 11.6 Å². The van der Waals surface area contributed by atoms with Crippen molar-refractivity contribution in [1.82, 2.24) is 4.90 Å². The van der Waals surface area contributed by atoms with Crippen molar-refractivity contribution in [2.24, 2.45) is 35.0 Å². The van der Waals surface area contributed by atoms with Crippen LogP contribution in [0.5, 0.6) is 0 Å². The highest BCUT2D eigenvalue weighted by molar-refractivity contribution is 6.07. The van der Waals surface area contributed by atoms with E-state index in [0.29, 0.717) is 17.8 Å². The third-order valence-corrected chi connectivity index (χ3v) is 7.75. The summed E-state index contributed by atoms with van der Waals surface area (Å²) in [5.74, 6) is 2.29. The van der Waals surface area contributed by atoms with Crippen LogP contribution in [0.1, 0.15) is 52.4 Å². The van der Waals surface area contributed by atoms with E-state index < -0.39 is 0 Å². The van der Waals surface area contributed by atoms with Crippen LogP contribution >= 0.6 is 0 Å². The molecule has 4 bridgehead atoms. The van der Waals surface area contributed by atoms with E-state index in [-0.39, 0.29) is 35.1 Å². The Labute approximate surface area is 132 Å². The Morgan fingerprint density at radius 3 is 2.91 bits per heavy atom. The molecule has 0 N–H and O–H groups in total. The second kappa shape index (κ2) is 4.04. The number of hydrogen-bond acceptors (Lipinski definition) is 2. The lowest BCUT2D eigenvalue weighted by molar-refractivity contribution is -0.144. The van der Waals surface area contributed by atoms with Crippen molar-refractivity contribution in [3.63, 3.8) is 0 Å². The van der Waals surface area contributed by atoms with Crippen molar-refractivity contribution < 1.29 is 9.59 Å². The van der Waals surface area contributed by atoms with E-state index in [9.17, 15) is 9.59 Å². The highest BCUT2D eigenvalue weighted by atomic mass is 16.2. The molecule has 2 amide bonds. The highest BCUT2D eigenvalue weighted by Gasteiger charge is 2.75. The number of amides is 2. The summed E-state index contributed by atoms with van der Waals surface area (Å²) in [6.45, 7) is 4.18. The maximum atomic E-state index is 13.2. The monoisotopic (exact) mass is 299 g/mol. The molecular weight excluding hydrogens is 274 g/mol. The van der Waals surface area contributed by atoms with Gasteiger partial charge in [0.25, 0.3) is 0 Å². The molecule has 7 unspecified atom stereocenters. The number of likely N-dealkylation sites (tertiary alicyclic amines) is 1. The number of rotatable bonds is 3. The fraction of sp³-hybridized carbons (Fsp3) is 0.789. The Hall–Kier alpha value is -1.12. The van der Waals surface area contributed by atoms with E-state index in [1.165, 1.54) is 12.8 Å². The summed E-state index contributed by atoms with van der Waals surface area (Å²) in [5, 5.41) is 0. The maximum absolute atomic E-state index is 13.2. The first-order valence-electron chi connectivity index (χ1n) is 9.13. The van der Waals surface area contributed by atoms with Crippen molar-refractivity contribution >= 4 is 11.8 Å². The van der Waals surface area contributed by atoms with Crippen molar-refractivity contribution in [2.45, 2.75) is 58.4 Å². The predicted molar refractivity (Wildman–Crippen MR) is 82.7 cm³/mol. The van der Waals surface area contributed by atoms with Crippen LogP contribution in [0.25, 0.3) is 0 Å². The van der Waals surface area contributed by atoms with Gasteiger partial charge in [-0.25, -0.2) is 0 Å². The molecule has 0 aromatic heterocycles. The third kappa shape index (κ3) is 1.27. The molecule has 7 atom stereocenters. The van der Waals surface area contributed by atoms with Crippen LogP contribution in [0.4, 0.5) is 0 Å². The van der Waals surface area contributed by atoms with Crippen molar-refractivity contribution in [2.75, 3.05) is 0 Å². The van der Waals surface area contributed by atoms with Crippen molar-refractivity contribution in [3.8, 4) is 0 Å². The molecular formula is C19H25NO2. The molecule has 3 saturated carbocycles. The van der Waals surface area contributed by atoms with Crippen molar-refractivity contribution in [1.29, 1.82) is 0 Å². The first kappa shape index (κ1) is 13.3. The van der Waals surface area contributed by atoms with Crippen LogP contribution in [0.3, 0.4) is 0 Å². The van der Waals surface area contributed by atoms with Gasteiger partial charge in [0, 0.05) is 6.04 Å². The molecule has 118 valence electrons. The maximum Gasteiger partial charge on any atom is 0.233 e. The second-order valence-electron chi connectivity index (χ2n) is 8.54. The van der Waals surface area contributed by atoms with E-state index in [1.54, 1.807) is 10.5 Å². The average molecular weight is 299 g/mol. The van der Waals surface area contributed by atoms with Gasteiger partial charge in [0.1, 0.15) is 0 Å². The minimum absolute atomic E-state index is 0.0227. The fourth-order valence-corrected chi connectivity index (χ4v) is 7.19. The minimum Gasteiger partial charge on any atom is -0.279 e. The smallest absolute Gasteiger partial charge is 0.233 e. The van der Waals surface area contributed by atoms with Gasteiger partial charge >= 0.3 is 0 Å². The zero-order chi connectivity index (χ0) is 15.2. The number of hydrogen-bond donors (Lipinski definition) is 0. The quantitative estimate of drug-likeness (QED) is 0.593. The van der Waals surface area contributed by atoms with Crippen molar-refractivity contribution in [3.05, 3.63) is 11.6 Å². The largest absolute Gasteiger partial charge is 0.279 e. The summed E-state index contributed by atoms with van der Waals surface area (Å²) < 4.78 is 0. The molecule has 1 aliphatic heterocycles. The number of carbonyl (C=O) groups is 2. The number of nitrogens with zero attached hydrogens (tertiary/aromatic N) is 1. The lowest BCUT2D eigenvalue weighted by Crippen LogP contribution is -2.42. The fourth-order valence-electron chi connectivity index (χ4n) is 7.19. The Morgan fingerprint density at radius 2 is 2.14 bits per heavy atom. The normalized spacial score (nSPS) is 48.9. The predicted octanol–water partition coefficient (Wildman–Crippen LogP) is 3.15. The third-order valence-electron chi connectivity index (χ3n) is 7.75. The van der Waals surface area contributed by atoms with Gasteiger partial charge in [0.05, 0.1) is 11.8 Å². The summed E-state index contributed by atoms with van der Waals surface area (Å²) in [6, 6.07) is 0.0858. The molecule has 0 aromatic carbocycles. The molecule has 4 fully saturated rings. The summed E-state index contributed by atoms with van der Waals surface area (Å²) in [6.07, 6.45) is 9.05. The summed E-state index contributed by atoms with van der Waals surface area (Å²) >= 11 is 0. The molecule has 1 spiro atoms. The lowest BCUT2D eigenvalue weighted by Gasteiger charge is -2.39. The number of carbonyl (C=O) groups excluding carboxylic acids is 2. The summed E-state index contributed by atoms with van der Waals surface area (Å²) in [5.41, 5.74) is 1.75. The minimum atomic E-state index is 0.0227. The number of fused-ring (bicyclic) bond motifs is 5. The summed E-state index contributed by atoms with van der Waals surface area (Å²) in [7, 11) is 0.